The minimum Gasteiger partial charge on any atom is -0.508 e. The van der Waals surface area contributed by atoms with Crippen molar-refractivity contribution in [2.45, 2.75) is 71.4 Å². The van der Waals surface area contributed by atoms with Crippen molar-refractivity contribution >= 4 is 7.60 Å². The number of hydrogen-bond donors (Lipinski definition) is 3. The summed E-state index contributed by atoms with van der Waals surface area (Å²) in [5.41, 5.74) is 0.680. The Hall–Kier alpha value is -0.830. The van der Waals surface area contributed by atoms with Crippen molar-refractivity contribution in [3.63, 3.8) is 0 Å². The fourth-order valence-corrected chi connectivity index (χ4v) is 3.82. The van der Waals surface area contributed by atoms with Gasteiger partial charge in [-0.3, -0.25) is 4.57 Å². The second-order valence-corrected chi connectivity index (χ2v) is 9.77. The van der Waals surface area contributed by atoms with Crippen molar-refractivity contribution in [3.05, 3.63) is 28.8 Å². The van der Waals surface area contributed by atoms with Gasteiger partial charge in [-0.15, -0.1) is 0 Å². The molecule has 0 aliphatic carbocycles. The Kier molecular flexibility index (Phi) is 5.23. The maximum atomic E-state index is 11.9. The molecule has 0 saturated carbocycles. The monoisotopic (exact) mass is 328 g/mol. The molecule has 0 radical (unpaired) electrons. The molecule has 0 fully saturated rings. The molecule has 1 rings (SSSR count). The van der Waals surface area contributed by atoms with E-state index in [-0.39, 0.29) is 16.6 Å². The zero-order valence-corrected chi connectivity index (χ0v) is 15.5. The zero-order chi connectivity index (χ0) is 17.5. The predicted molar refractivity (Wildman–Crippen MR) is 90.6 cm³/mol. The average Bonchev–Trinajstić information content (AvgIpc) is 2.26. The molecule has 126 valence electrons. The highest BCUT2D eigenvalue weighted by Gasteiger charge is 2.35. The quantitative estimate of drug-likeness (QED) is 0.708. The van der Waals surface area contributed by atoms with Crippen LogP contribution in [0.15, 0.2) is 12.1 Å². The van der Waals surface area contributed by atoms with Crippen LogP contribution < -0.4 is 0 Å². The molecular formula is C17H29O4P. The van der Waals surface area contributed by atoms with Crippen LogP contribution in [0.1, 0.15) is 77.2 Å². The maximum absolute atomic E-state index is 11.9. The van der Waals surface area contributed by atoms with Gasteiger partial charge in [0.25, 0.3) is 0 Å². The summed E-state index contributed by atoms with van der Waals surface area (Å²) in [7, 11) is -4.26. The normalized spacial score (nSPS) is 15.0. The van der Waals surface area contributed by atoms with Gasteiger partial charge in [0.1, 0.15) is 5.75 Å². The minimum absolute atomic E-state index is 0.182. The van der Waals surface area contributed by atoms with Crippen LogP contribution in [-0.2, 0) is 15.4 Å². The van der Waals surface area contributed by atoms with E-state index in [1.54, 1.807) is 19.1 Å². The fraction of sp³-hybridized carbons (Fsp3) is 0.647. The summed E-state index contributed by atoms with van der Waals surface area (Å²) >= 11 is 0. The van der Waals surface area contributed by atoms with Gasteiger partial charge in [0, 0.05) is 0 Å². The van der Waals surface area contributed by atoms with E-state index in [0.717, 1.165) is 5.56 Å². The number of phenolic OH excluding ortho intramolecular Hbond substituents is 1. The van der Waals surface area contributed by atoms with Gasteiger partial charge < -0.3 is 14.9 Å². The maximum Gasteiger partial charge on any atom is 0.332 e. The van der Waals surface area contributed by atoms with Crippen molar-refractivity contribution in [2.24, 2.45) is 0 Å². The third-order valence-corrected chi connectivity index (χ3v) is 5.39. The second-order valence-electron chi connectivity index (χ2n) is 7.97. The first-order chi connectivity index (χ1) is 9.69. The number of hydrogen-bond acceptors (Lipinski definition) is 2. The van der Waals surface area contributed by atoms with Crippen LogP contribution in [0, 0.1) is 0 Å². The molecule has 0 heterocycles. The van der Waals surface area contributed by atoms with Gasteiger partial charge in [0.05, 0.1) is 5.66 Å². The molecule has 22 heavy (non-hydrogen) atoms. The van der Waals surface area contributed by atoms with Gasteiger partial charge in [-0.2, -0.15) is 0 Å². The summed E-state index contributed by atoms with van der Waals surface area (Å²) in [5.74, 6) is 0.182. The number of rotatable bonds is 3. The lowest BCUT2D eigenvalue weighted by Gasteiger charge is -2.31. The summed E-state index contributed by atoms with van der Waals surface area (Å²) in [6, 6.07) is 3.46. The van der Waals surface area contributed by atoms with Gasteiger partial charge in [-0.25, -0.2) is 0 Å². The van der Waals surface area contributed by atoms with Crippen LogP contribution in [0.5, 0.6) is 5.75 Å². The SMILES string of the molecule is CCC(c1cc(C(C)(C)C)c(O)cc1C(C)(C)C)P(=O)(O)O. The molecule has 1 atom stereocenters. The summed E-state index contributed by atoms with van der Waals surface area (Å²) in [6.45, 7) is 13.6. The van der Waals surface area contributed by atoms with E-state index < -0.39 is 13.3 Å². The van der Waals surface area contributed by atoms with E-state index in [1.807, 2.05) is 41.5 Å². The minimum atomic E-state index is -4.26. The van der Waals surface area contributed by atoms with Crippen molar-refractivity contribution in [1.29, 1.82) is 0 Å². The van der Waals surface area contributed by atoms with E-state index in [4.69, 9.17) is 0 Å². The number of benzene rings is 1. The van der Waals surface area contributed by atoms with E-state index in [2.05, 4.69) is 0 Å². The second kappa shape index (κ2) is 5.99. The van der Waals surface area contributed by atoms with E-state index >= 15 is 0 Å². The highest BCUT2D eigenvalue weighted by molar-refractivity contribution is 7.52. The van der Waals surface area contributed by atoms with Gasteiger partial charge in [0.15, 0.2) is 0 Å². The van der Waals surface area contributed by atoms with Crippen LogP contribution in [0.3, 0.4) is 0 Å². The molecule has 0 aliphatic rings. The van der Waals surface area contributed by atoms with Crippen LogP contribution in [0.4, 0.5) is 0 Å². The lowest BCUT2D eigenvalue weighted by Crippen LogP contribution is -2.19. The molecule has 5 heteroatoms. The van der Waals surface area contributed by atoms with Gasteiger partial charge >= 0.3 is 7.60 Å². The molecule has 1 aromatic carbocycles. The summed E-state index contributed by atoms with van der Waals surface area (Å²) in [6.07, 6.45) is 0.349. The van der Waals surface area contributed by atoms with Gasteiger partial charge in [0.2, 0.25) is 0 Å². The Morgan fingerprint density at radius 2 is 1.45 bits per heavy atom. The van der Waals surface area contributed by atoms with Crippen molar-refractivity contribution in [3.8, 4) is 5.75 Å². The van der Waals surface area contributed by atoms with Crippen LogP contribution in [0.25, 0.3) is 0 Å². The van der Waals surface area contributed by atoms with Crippen LogP contribution in [0.2, 0.25) is 0 Å². The van der Waals surface area contributed by atoms with Gasteiger partial charge in [-0.1, -0.05) is 54.5 Å². The Bertz CT molecular complexity index is 588. The van der Waals surface area contributed by atoms with Crippen molar-refractivity contribution in [2.75, 3.05) is 0 Å². The zero-order valence-electron chi connectivity index (χ0n) is 14.6. The smallest absolute Gasteiger partial charge is 0.332 e. The lowest BCUT2D eigenvalue weighted by molar-refractivity contribution is 0.355. The molecule has 1 aromatic rings. The lowest BCUT2D eigenvalue weighted by atomic mass is 9.78. The Balaban J connectivity index is 3.75. The highest BCUT2D eigenvalue weighted by Crippen LogP contribution is 2.56. The molecule has 0 spiro atoms. The summed E-state index contributed by atoms with van der Waals surface area (Å²) in [4.78, 5) is 19.5. The first-order valence-corrected chi connectivity index (χ1v) is 9.30. The Labute approximate surface area is 133 Å². The van der Waals surface area contributed by atoms with Crippen molar-refractivity contribution < 1.29 is 19.5 Å². The Morgan fingerprint density at radius 1 is 1.00 bits per heavy atom. The topological polar surface area (TPSA) is 77.8 Å². The average molecular weight is 328 g/mol. The molecular weight excluding hydrogens is 299 g/mol. The first kappa shape index (κ1) is 19.2. The van der Waals surface area contributed by atoms with E-state index in [9.17, 15) is 19.5 Å². The third-order valence-electron chi connectivity index (χ3n) is 3.94. The Morgan fingerprint density at radius 3 is 1.77 bits per heavy atom. The number of aromatic hydroxyl groups is 1. The van der Waals surface area contributed by atoms with Gasteiger partial charge in [-0.05, 0) is 40.0 Å². The molecule has 1 unspecified atom stereocenters. The van der Waals surface area contributed by atoms with E-state index in [0.29, 0.717) is 17.5 Å². The van der Waals surface area contributed by atoms with Crippen molar-refractivity contribution in [1.82, 2.24) is 0 Å². The molecule has 0 aliphatic heterocycles. The largest absolute Gasteiger partial charge is 0.508 e. The van der Waals surface area contributed by atoms with E-state index in [1.165, 1.54) is 0 Å². The predicted octanol–water partition coefficient (Wildman–Crippen LogP) is 4.62. The summed E-state index contributed by atoms with van der Waals surface area (Å²) < 4.78 is 11.9. The number of phenols is 1. The molecule has 0 bridgehead atoms. The molecule has 0 aromatic heterocycles. The summed E-state index contributed by atoms with van der Waals surface area (Å²) in [5, 5.41) is 10.4. The third kappa shape index (κ3) is 4.13. The van der Waals surface area contributed by atoms with Crippen LogP contribution >= 0.6 is 7.60 Å². The molecule has 0 amide bonds. The van der Waals surface area contributed by atoms with Crippen LogP contribution in [-0.4, -0.2) is 14.9 Å². The molecule has 4 nitrogen and oxygen atoms in total. The fourth-order valence-electron chi connectivity index (χ4n) is 2.77. The highest BCUT2D eigenvalue weighted by atomic mass is 31.2. The molecule has 3 N–H and O–H groups in total. The standard InChI is InChI=1S/C17H29O4P/c1-8-15(22(19,20)21)11-9-13(17(5,6)7)14(18)10-12(11)16(2,3)4/h9-10,15,18H,8H2,1-7H3,(H2,19,20,21). The molecule has 0 saturated heterocycles. The first-order valence-electron chi connectivity index (χ1n) is 7.62.